The van der Waals surface area contributed by atoms with Gasteiger partial charge in [-0.05, 0) is 32.3 Å². The molecule has 0 saturated carbocycles. The number of carbonyl (C=O) groups is 1. The molecule has 110 valence electrons. The van der Waals surface area contributed by atoms with E-state index in [4.69, 9.17) is 17.3 Å². The molecule has 2 N–H and O–H groups in total. The number of nitrogens with two attached hydrogens (primary N) is 1. The van der Waals surface area contributed by atoms with E-state index in [0.29, 0.717) is 11.7 Å². The maximum Gasteiger partial charge on any atom is 0.246 e. The third-order valence-electron chi connectivity index (χ3n) is 3.77. The third kappa shape index (κ3) is 3.04. The molecule has 1 atom stereocenters. The average molecular weight is 297 g/mol. The fourth-order valence-electron chi connectivity index (χ4n) is 2.62. The first-order chi connectivity index (χ1) is 9.54. The molecule has 0 aliphatic carbocycles. The summed E-state index contributed by atoms with van der Waals surface area (Å²) in [7, 11) is 1.78. The second-order valence-electron chi connectivity index (χ2n) is 5.16. The number of amides is 1. The van der Waals surface area contributed by atoms with Gasteiger partial charge in [-0.15, -0.1) is 0 Å². The monoisotopic (exact) mass is 296 g/mol. The van der Waals surface area contributed by atoms with Crippen molar-refractivity contribution in [3.8, 4) is 0 Å². The first-order valence-electron chi connectivity index (χ1n) is 6.92. The van der Waals surface area contributed by atoms with E-state index in [9.17, 15) is 4.79 Å². The summed E-state index contributed by atoms with van der Waals surface area (Å²) in [6, 6.07) is 0.159. The largest absolute Gasteiger partial charge is 0.335 e. The van der Waals surface area contributed by atoms with Gasteiger partial charge in [-0.2, -0.15) is 5.10 Å². The Labute approximate surface area is 124 Å². The molecule has 20 heavy (non-hydrogen) atoms. The van der Waals surface area contributed by atoms with Crippen LogP contribution in [0.1, 0.15) is 30.5 Å². The van der Waals surface area contributed by atoms with Crippen LogP contribution in [-0.2, 0) is 11.8 Å². The summed E-state index contributed by atoms with van der Waals surface area (Å²) < 4.78 is 1.60. The highest BCUT2D eigenvalue weighted by Crippen LogP contribution is 2.21. The van der Waals surface area contributed by atoms with Gasteiger partial charge in [-0.1, -0.05) is 11.6 Å². The van der Waals surface area contributed by atoms with Gasteiger partial charge in [0.25, 0.3) is 0 Å². The number of carbonyl (C=O) groups excluding carboxylic acids is 1. The Kier molecular flexibility index (Phi) is 4.83. The lowest BCUT2D eigenvalue weighted by Gasteiger charge is -2.34. The van der Waals surface area contributed by atoms with Crippen molar-refractivity contribution in [3.63, 3.8) is 0 Å². The molecule has 0 spiro atoms. The van der Waals surface area contributed by atoms with Crippen molar-refractivity contribution in [1.82, 2.24) is 14.7 Å². The molecule has 2 heterocycles. The highest BCUT2D eigenvalue weighted by Gasteiger charge is 2.24. The molecule has 1 fully saturated rings. The van der Waals surface area contributed by atoms with E-state index in [1.54, 1.807) is 23.9 Å². The minimum Gasteiger partial charge on any atom is -0.335 e. The van der Waals surface area contributed by atoms with Gasteiger partial charge in [0, 0.05) is 37.8 Å². The number of aryl methyl sites for hydroxylation is 2. The Bertz CT molecular complexity index is 523. The number of rotatable bonds is 3. The van der Waals surface area contributed by atoms with E-state index in [-0.39, 0.29) is 11.9 Å². The maximum atomic E-state index is 12.3. The number of piperidine rings is 1. The van der Waals surface area contributed by atoms with Crippen molar-refractivity contribution in [1.29, 1.82) is 0 Å². The van der Waals surface area contributed by atoms with Crippen molar-refractivity contribution in [2.45, 2.75) is 32.2 Å². The van der Waals surface area contributed by atoms with Gasteiger partial charge in [0.05, 0.1) is 5.69 Å². The summed E-state index contributed by atoms with van der Waals surface area (Å²) in [5, 5.41) is 4.76. The second-order valence-corrected chi connectivity index (χ2v) is 5.52. The van der Waals surface area contributed by atoms with Crippen molar-refractivity contribution >= 4 is 23.6 Å². The van der Waals surface area contributed by atoms with Crippen molar-refractivity contribution in [2.75, 3.05) is 13.1 Å². The number of nitrogens with zero attached hydrogens (tertiary/aromatic N) is 3. The molecule has 5 nitrogen and oxygen atoms in total. The Morgan fingerprint density at radius 3 is 2.90 bits per heavy atom. The lowest BCUT2D eigenvalue weighted by atomic mass is 10.0. The molecule has 0 aromatic carbocycles. The summed E-state index contributed by atoms with van der Waals surface area (Å²) in [5.74, 6) is -0.000491. The summed E-state index contributed by atoms with van der Waals surface area (Å²) in [4.78, 5) is 14.1. The molecule has 0 radical (unpaired) electrons. The Hall–Kier alpha value is -1.33. The van der Waals surface area contributed by atoms with Crippen LogP contribution in [0.25, 0.3) is 6.08 Å². The summed E-state index contributed by atoms with van der Waals surface area (Å²) in [6.07, 6.45) is 6.49. The van der Waals surface area contributed by atoms with Crippen LogP contribution < -0.4 is 5.73 Å². The van der Waals surface area contributed by atoms with Crippen molar-refractivity contribution in [3.05, 3.63) is 22.5 Å². The fourth-order valence-corrected chi connectivity index (χ4v) is 2.86. The predicted molar refractivity (Wildman–Crippen MR) is 80.4 cm³/mol. The van der Waals surface area contributed by atoms with Crippen LogP contribution in [-0.4, -0.2) is 39.7 Å². The van der Waals surface area contributed by atoms with E-state index < -0.39 is 0 Å². The standard InChI is InChI=1S/C14H21ClN4O/c1-10-12(14(15)18(2)17-10)6-7-13(20)19-8-4-3-5-11(19)9-16/h6-7,11H,3-5,8-9,16H2,1-2H3. The number of hydrogen-bond donors (Lipinski definition) is 1. The average Bonchev–Trinajstić information content (AvgIpc) is 2.70. The van der Waals surface area contributed by atoms with Crippen LogP contribution in [0.4, 0.5) is 0 Å². The van der Waals surface area contributed by atoms with Crippen LogP contribution in [0.5, 0.6) is 0 Å². The predicted octanol–water partition coefficient (Wildman–Crippen LogP) is 1.73. The molecule has 1 aromatic heterocycles. The molecule has 1 aliphatic heterocycles. The zero-order chi connectivity index (χ0) is 14.7. The Morgan fingerprint density at radius 1 is 1.55 bits per heavy atom. The highest BCUT2D eigenvalue weighted by molar-refractivity contribution is 6.31. The number of likely N-dealkylation sites (tertiary alicyclic amines) is 1. The lowest BCUT2D eigenvalue weighted by Crippen LogP contribution is -2.46. The quantitative estimate of drug-likeness (QED) is 0.864. The van der Waals surface area contributed by atoms with Crippen LogP contribution in [0.3, 0.4) is 0 Å². The molecule has 1 unspecified atom stereocenters. The van der Waals surface area contributed by atoms with Crippen LogP contribution in [0, 0.1) is 6.92 Å². The lowest BCUT2D eigenvalue weighted by molar-refractivity contribution is -0.129. The van der Waals surface area contributed by atoms with Gasteiger partial charge in [-0.3, -0.25) is 9.48 Å². The first-order valence-corrected chi connectivity index (χ1v) is 7.30. The molecule has 1 aromatic rings. The molecule has 1 aliphatic rings. The zero-order valence-corrected chi connectivity index (χ0v) is 12.7. The second kappa shape index (κ2) is 6.41. The molecule has 1 amide bonds. The molecule has 2 rings (SSSR count). The van der Waals surface area contributed by atoms with Crippen LogP contribution in [0.2, 0.25) is 5.15 Å². The SMILES string of the molecule is Cc1nn(C)c(Cl)c1C=CC(=O)N1CCCCC1CN. The van der Waals surface area contributed by atoms with Crippen LogP contribution >= 0.6 is 11.6 Å². The van der Waals surface area contributed by atoms with E-state index in [0.717, 1.165) is 37.1 Å². The third-order valence-corrected chi connectivity index (χ3v) is 4.22. The summed E-state index contributed by atoms with van der Waals surface area (Å²) in [5.41, 5.74) is 7.35. The van der Waals surface area contributed by atoms with E-state index >= 15 is 0 Å². The van der Waals surface area contributed by atoms with Gasteiger partial charge >= 0.3 is 0 Å². The van der Waals surface area contributed by atoms with Gasteiger partial charge in [0.2, 0.25) is 5.91 Å². The van der Waals surface area contributed by atoms with Crippen LogP contribution in [0.15, 0.2) is 6.08 Å². The van der Waals surface area contributed by atoms with E-state index in [1.807, 2.05) is 11.8 Å². The zero-order valence-electron chi connectivity index (χ0n) is 12.0. The summed E-state index contributed by atoms with van der Waals surface area (Å²) in [6.45, 7) is 3.18. The van der Waals surface area contributed by atoms with Crippen molar-refractivity contribution < 1.29 is 4.79 Å². The van der Waals surface area contributed by atoms with Gasteiger partial charge in [-0.25, -0.2) is 0 Å². The number of aromatic nitrogens is 2. The molecular weight excluding hydrogens is 276 g/mol. The van der Waals surface area contributed by atoms with E-state index in [2.05, 4.69) is 5.10 Å². The Morgan fingerprint density at radius 2 is 2.30 bits per heavy atom. The number of halogens is 1. The van der Waals surface area contributed by atoms with Gasteiger partial charge < -0.3 is 10.6 Å². The van der Waals surface area contributed by atoms with Gasteiger partial charge in [0.15, 0.2) is 0 Å². The number of hydrogen-bond acceptors (Lipinski definition) is 3. The molecule has 0 bridgehead atoms. The minimum atomic E-state index is -0.000491. The molecule has 1 saturated heterocycles. The molecule has 6 heteroatoms. The fraction of sp³-hybridized carbons (Fsp3) is 0.571. The Balaban J connectivity index is 2.12. The van der Waals surface area contributed by atoms with Crippen molar-refractivity contribution in [2.24, 2.45) is 12.8 Å². The van der Waals surface area contributed by atoms with E-state index in [1.165, 1.54) is 0 Å². The minimum absolute atomic E-state index is 0.000491. The van der Waals surface area contributed by atoms with Gasteiger partial charge in [0.1, 0.15) is 5.15 Å². The molecular formula is C14H21ClN4O. The normalized spacial score (nSPS) is 19.8. The smallest absolute Gasteiger partial charge is 0.246 e. The topological polar surface area (TPSA) is 64.2 Å². The summed E-state index contributed by atoms with van der Waals surface area (Å²) >= 11 is 6.14. The first kappa shape index (κ1) is 15.1. The maximum absolute atomic E-state index is 12.3. The highest BCUT2D eigenvalue weighted by atomic mass is 35.5.